The molecule has 0 saturated heterocycles. The van der Waals surface area contributed by atoms with E-state index in [9.17, 15) is 4.79 Å². The van der Waals surface area contributed by atoms with Crippen LogP contribution in [0.4, 0.5) is 4.79 Å². The number of rotatable bonds is 3. The molecule has 108 valence electrons. The molecular weight excluding hydrogens is 329 g/mol. The van der Waals surface area contributed by atoms with Crippen molar-refractivity contribution < 1.29 is 4.79 Å². The first-order valence-corrected chi connectivity index (χ1v) is 11.9. The number of carbonyl (C=O) groups excluding carboxylic acids is 1. The van der Waals surface area contributed by atoms with E-state index in [0.717, 1.165) is 4.46 Å². The summed E-state index contributed by atoms with van der Waals surface area (Å²) in [6.07, 6.45) is 0. The molecule has 1 rings (SSSR count). The number of amides is 1. The van der Waals surface area contributed by atoms with Crippen LogP contribution in [0.3, 0.4) is 0 Å². The van der Waals surface area contributed by atoms with Crippen LogP contribution in [0.5, 0.6) is 0 Å². The molecule has 1 aromatic rings. The van der Waals surface area contributed by atoms with Gasteiger partial charge in [-0.05, 0) is 0 Å². The molecule has 1 aromatic carbocycles. The van der Waals surface area contributed by atoms with Crippen LogP contribution in [-0.2, 0) is 0 Å². The Bertz CT molecular complexity index is 537. The third kappa shape index (κ3) is 5.54. The summed E-state index contributed by atoms with van der Waals surface area (Å²) in [6, 6.07) is 8.19. The van der Waals surface area contributed by atoms with Gasteiger partial charge in [0.25, 0.3) is 0 Å². The molecule has 0 aliphatic heterocycles. The molecule has 0 radical (unpaired) electrons. The minimum absolute atomic E-state index is 0.171. The zero-order chi connectivity index (χ0) is 15.3. The van der Waals surface area contributed by atoms with Gasteiger partial charge in [0.1, 0.15) is 0 Å². The van der Waals surface area contributed by atoms with E-state index in [0.29, 0.717) is 0 Å². The molecule has 0 aliphatic carbocycles. The molecule has 4 heteroatoms. The van der Waals surface area contributed by atoms with Gasteiger partial charge in [0, 0.05) is 0 Å². The van der Waals surface area contributed by atoms with Gasteiger partial charge in [-0.15, -0.1) is 0 Å². The average Bonchev–Trinajstić information content (AvgIpc) is 2.35. The van der Waals surface area contributed by atoms with Crippen LogP contribution in [0.15, 0.2) is 24.3 Å². The standard InChI is InChI=1S/C16H23NOSeSi/c1-13(11-12-20(4,5)6)14-9-7-8-10-15(14)19-16(18)17(2)3/h7-10,13H,1-6H3. The number of hydrogen-bond acceptors (Lipinski definition) is 1. The van der Waals surface area contributed by atoms with Gasteiger partial charge in [-0.25, -0.2) is 0 Å². The van der Waals surface area contributed by atoms with E-state index >= 15 is 0 Å². The summed E-state index contributed by atoms with van der Waals surface area (Å²) >= 11 is -0.171. The van der Waals surface area contributed by atoms with E-state index in [4.69, 9.17) is 0 Å². The van der Waals surface area contributed by atoms with Crippen LogP contribution in [0.25, 0.3) is 0 Å². The first kappa shape index (κ1) is 17.0. The summed E-state index contributed by atoms with van der Waals surface area (Å²) in [6.45, 7) is 8.87. The van der Waals surface area contributed by atoms with Crippen LogP contribution in [-0.4, -0.2) is 46.8 Å². The summed E-state index contributed by atoms with van der Waals surface area (Å²) in [7, 11) is 2.26. The molecule has 0 saturated carbocycles. The molecule has 0 fully saturated rings. The fourth-order valence-electron chi connectivity index (χ4n) is 1.52. The Labute approximate surface area is 130 Å². The van der Waals surface area contributed by atoms with Crippen molar-refractivity contribution in [2.24, 2.45) is 0 Å². The Morgan fingerprint density at radius 1 is 1.25 bits per heavy atom. The predicted octanol–water partition coefficient (Wildman–Crippen LogP) is 2.68. The fourth-order valence-corrected chi connectivity index (χ4v) is 4.01. The van der Waals surface area contributed by atoms with Gasteiger partial charge in [-0.3, -0.25) is 0 Å². The number of benzene rings is 1. The summed E-state index contributed by atoms with van der Waals surface area (Å²) < 4.78 is 1.15. The second-order valence-electron chi connectivity index (χ2n) is 6.04. The monoisotopic (exact) mass is 353 g/mol. The molecule has 0 bridgehead atoms. The maximum atomic E-state index is 11.9. The van der Waals surface area contributed by atoms with Crippen LogP contribution in [0.1, 0.15) is 18.4 Å². The predicted molar refractivity (Wildman–Crippen MR) is 90.5 cm³/mol. The van der Waals surface area contributed by atoms with Crippen molar-refractivity contribution in [1.82, 2.24) is 4.90 Å². The number of nitrogens with zero attached hydrogens (tertiary/aromatic N) is 1. The molecule has 1 unspecified atom stereocenters. The Balaban J connectivity index is 3.00. The SMILES string of the molecule is CC(C#C[Si](C)(C)C)c1ccccc1[Se]C(=O)N(C)C. The molecule has 2 nitrogen and oxygen atoms in total. The van der Waals surface area contributed by atoms with E-state index in [1.54, 1.807) is 19.0 Å². The fraction of sp³-hybridized carbons (Fsp3) is 0.438. The molecular formula is C16H23NOSeSi. The first-order chi connectivity index (χ1) is 9.20. The second kappa shape index (κ2) is 7.13. The quantitative estimate of drug-likeness (QED) is 0.605. The van der Waals surface area contributed by atoms with Crippen molar-refractivity contribution in [2.45, 2.75) is 32.5 Å². The second-order valence-corrected chi connectivity index (χ2v) is 12.9. The van der Waals surface area contributed by atoms with Crippen molar-refractivity contribution in [3.63, 3.8) is 0 Å². The Hall–Kier alpha value is -1.01. The Morgan fingerprint density at radius 2 is 1.85 bits per heavy atom. The van der Waals surface area contributed by atoms with E-state index < -0.39 is 8.07 Å². The first-order valence-electron chi connectivity index (χ1n) is 6.71. The van der Waals surface area contributed by atoms with Crippen molar-refractivity contribution in [1.29, 1.82) is 0 Å². The van der Waals surface area contributed by atoms with Gasteiger partial charge in [0.15, 0.2) is 0 Å². The average molecular weight is 352 g/mol. The zero-order valence-corrected chi connectivity index (χ0v) is 15.9. The van der Waals surface area contributed by atoms with E-state index in [-0.39, 0.29) is 25.7 Å². The van der Waals surface area contributed by atoms with Gasteiger partial charge in [0.05, 0.1) is 0 Å². The number of carbonyl (C=O) groups is 1. The summed E-state index contributed by atoms with van der Waals surface area (Å²) in [5, 5.41) is 0. The van der Waals surface area contributed by atoms with Crippen LogP contribution >= 0.6 is 0 Å². The van der Waals surface area contributed by atoms with Crippen molar-refractivity contribution in [2.75, 3.05) is 14.1 Å². The molecule has 0 aromatic heterocycles. The van der Waals surface area contributed by atoms with Gasteiger partial charge in [0.2, 0.25) is 0 Å². The van der Waals surface area contributed by atoms with Crippen LogP contribution < -0.4 is 4.46 Å². The van der Waals surface area contributed by atoms with Crippen molar-refractivity contribution in [3.05, 3.63) is 29.8 Å². The van der Waals surface area contributed by atoms with Gasteiger partial charge < -0.3 is 0 Å². The minimum atomic E-state index is -1.35. The zero-order valence-electron chi connectivity index (χ0n) is 13.2. The van der Waals surface area contributed by atoms with Crippen molar-refractivity contribution >= 4 is 32.3 Å². The number of hydrogen-bond donors (Lipinski definition) is 0. The summed E-state index contributed by atoms with van der Waals surface area (Å²) in [4.78, 5) is 13.8. The molecule has 0 N–H and O–H groups in total. The van der Waals surface area contributed by atoms with E-state index in [2.05, 4.69) is 50.2 Å². The third-order valence-corrected chi connectivity index (χ3v) is 5.88. The van der Waals surface area contributed by atoms with E-state index in [1.165, 1.54) is 5.56 Å². The molecule has 0 aliphatic rings. The van der Waals surface area contributed by atoms with Gasteiger partial charge >= 0.3 is 130 Å². The van der Waals surface area contributed by atoms with Gasteiger partial charge in [-0.1, -0.05) is 0 Å². The Kier molecular flexibility index (Phi) is 6.07. The van der Waals surface area contributed by atoms with Crippen molar-refractivity contribution in [3.8, 4) is 11.5 Å². The molecule has 0 spiro atoms. The summed E-state index contributed by atoms with van der Waals surface area (Å²) in [5.41, 5.74) is 4.63. The van der Waals surface area contributed by atoms with E-state index in [1.807, 2.05) is 12.1 Å². The normalized spacial score (nSPS) is 12.3. The molecule has 0 heterocycles. The molecule has 1 amide bonds. The van der Waals surface area contributed by atoms with Gasteiger partial charge in [-0.2, -0.15) is 0 Å². The Morgan fingerprint density at radius 3 is 2.40 bits per heavy atom. The topological polar surface area (TPSA) is 20.3 Å². The van der Waals surface area contributed by atoms with Crippen LogP contribution in [0.2, 0.25) is 19.6 Å². The third-order valence-electron chi connectivity index (χ3n) is 2.61. The molecule has 20 heavy (non-hydrogen) atoms. The maximum absolute atomic E-state index is 11.9. The summed E-state index contributed by atoms with van der Waals surface area (Å²) in [5.74, 6) is 3.57. The van der Waals surface area contributed by atoms with Crippen LogP contribution in [0, 0.1) is 11.5 Å². The molecule has 1 atom stereocenters.